The van der Waals surface area contributed by atoms with Gasteiger partial charge in [-0.1, -0.05) is 18.2 Å². The first-order valence-corrected chi connectivity index (χ1v) is 15.0. The van der Waals surface area contributed by atoms with Gasteiger partial charge in [-0.15, -0.1) is 0 Å². The number of aliphatic imine (C=N–C) groups is 1. The van der Waals surface area contributed by atoms with Crippen molar-refractivity contribution in [2.24, 2.45) is 44.7 Å². The number of amides is 5. The molecule has 0 bridgehead atoms. The number of aryl methyl sites for hydroxylation is 4. The van der Waals surface area contributed by atoms with E-state index in [1.807, 2.05) is 0 Å². The maximum Gasteiger partial charge on any atom is 0.272 e. The van der Waals surface area contributed by atoms with Gasteiger partial charge in [0.2, 0.25) is 0 Å². The maximum absolute atomic E-state index is 13.2. The lowest BCUT2D eigenvalue weighted by molar-refractivity contribution is -0.112. The van der Waals surface area contributed by atoms with Crippen molar-refractivity contribution in [2.45, 2.75) is 13.0 Å². The lowest BCUT2D eigenvalue weighted by Gasteiger charge is -2.09. The quantitative estimate of drug-likeness (QED) is 0.0661. The molecule has 5 amide bonds. The highest BCUT2D eigenvalue weighted by Gasteiger charge is 2.20. The number of rotatable bonds is 12. The molecular weight excluding hydrogens is 656 g/mol. The van der Waals surface area contributed by atoms with Gasteiger partial charge in [-0.05, 0) is 31.2 Å². The molecule has 49 heavy (non-hydrogen) atoms. The molecule has 258 valence electrons. The molecule has 1 unspecified atom stereocenters. The van der Waals surface area contributed by atoms with Crippen LogP contribution in [0.3, 0.4) is 0 Å². The zero-order valence-electron chi connectivity index (χ0n) is 27.4. The van der Waals surface area contributed by atoms with Crippen molar-refractivity contribution in [3.05, 3.63) is 83.4 Å². The van der Waals surface area contributed by atoms with Gasteiger partial charge in [0, 0.05) is 59.5 Å². The number of guanidine groups is 1. The average molecular weight is 693 g/mol. The molecule has 17 nitrogen and oxygen atoms in total. The number of hydrogen-bond donors (Lipinski definition) is 7. The fraction of sp³-hybridized carbons (Fsp3) is 0.226. The molecular formula is C31H37ClN12O5. The van der Waals surface area contributed by atoms with Gasteiger partial charge in [-0.3, -0.25) is 24.0 Å². The minimum atomic E-state index is -0.594. The Morgan fingerprint density at radius 3 is 1.33 bits per heavy atom. The van der Waals surface area contributed by atoms with Crippen LogP contribution in [0.15, 0.2) is 65.7 Å². The van der Waals surface area contributed by atoms with E-state index in [2.05, 4.69) is 38.2 Å². The lowest BCUT2D eigenvalue weighted by atomic mass is 10.3. The number of carbonyl (C=O) groups excluding carboxylic acids is 5. The van der Waals surface area contributed by atoms with Crippen LogP contribution in [0.25, 0.3) is 0 Å². The largest absolute Gasteiger partial charge is 0.370 e. The van der Waals surface area contributed by atoms with Crippen LogP contribution in [0, 0.1) is 0 Å². The van der Waals surface area contributed by atoms with Crippen molar-refractivity contribution in [2.75, 3.05) is 27.8 Å². The first-order chi connectivity index (χ1) is 23.0. The normalized spacial score (nSPS) is 11.3. The highest BCUT2D eigenvalue weighted by atomic mass is 35.5. The number of hydrogen-bond acceptors (Lipinski definition) is 6. The number of halogens is 1. The van der Waals surface area contributed by atoms with Crippen LogP contribution in [0.4, 0.5) is 22.7 Å². The lowest BCUT2D eigenvalue weighted by Crippen LogP contribution is -2.33. The van der Waals surface area contributed by atoms with Crippen molar-refractivity contribution >= 4 is 69.8 Å². The topological polar surface area (TPSA) is 230 Å². The van der Waals surface area contributed by atoms with Crippen molar-refractivity contribution in [1.29, 1.82) is 0 Å². The van der Waals surface area contributed by atoms with Gasteiger partial charge >= 0.3 is 0 Å². The molecule has 4 rings (SSSR count). The Hall–Kier alpha value is -6.23. The standard InChI is InChI=1S/C31H37ClN12O5/c1-16(36-31(33)34)11-35-27(46)22-7-19(13-41(22)3)38-29(48)24-9-21(15-43(24)5)40-30(49)25-10-20(14-44(25)6)39-28(47)23-8-18(12-42(23)4)37-26(45)17(2)32/h7-10,12-16H,2,11H2,1,3-6H3,(H,35,46)(H,37,45)(H,38,48)(H,39,47)(H,40,49)(H4,33,34,36). The van der Waals surface area contributed by atoms with E-state index in [4.69, 9.17) is 23.1 Å². The van der Waals surface area contributed by atoms with Crippen LogP contribution in [-0.2, 0) is 33.0 Å². The van der Waals surface area contributed by atoms with Crippen LogP contribution >= 0.6 is 11.6 Å². The Kier molecular flexibility index (Phi) is 10.7. The Morgan fingerprint density at radius 2 is 1.00 bits per heavy atom. The summed E-state index contributed by atoms with van der Waals surface area (Å²) in [5.41, 5.74) is 13.2. The maximum atomic E-state index is 13.2. The minimum Gasteiger partial charge on any atom is -0.370 e. The van der Waals surface area contributed by atoms with Gasteiger partial charge in [-0.2, -0.15) is 0 Å². The molecule has 9 N–H and O–H groups in total. The number of carbonyl (C=O) groups is 5. The molecule has 0 radical (unpaired) electrons. The van der Waals surface area contributed by atoms with Crippen molar-refractivity contribution in [3.8, 4) is 0 Å². The number of aromatic nitrogens is 4. The SMILES string of the molecule is C=C(Cl)C(=O)Nc1cc(C(=O)Nc2cc(C(=O)Nc3cc(C(=O)Nc4cc(C(=O)NCC(C)N=C(N)N)n(C)c4)n(C)c3)n(C)c2)n(C)c1. The average Bonchev–Trinajstić information content (AvgIpc) is 3.76. The first-order valence-electron chi connectivity index (χ1n) is 14.6. The smallest absolute Gasteiger partial charge is 0.272 e. The van der Waals surface area contributed by atoms with Crippen molar-refractivity contribution in [3.63, 3.8) is 0 Å². The van der Waals surface area contributed by atoms with Gasteiger partial charge in [-0.25, -0.2) is 4.99 Å². The van der Waals surface area contributed by atoms with E-state index in [1.165, 1.54) is 33.4 Å². The van der Waals surface area contributed by atoms with Gasteiger partial charge in [0.1, 0.15) is 22.8 Å². The third-order valence-electron chi connectivity index (χ3n) is 7.16. The molecule has 4 aromatic heterocycles. The Morgan fingerprint density at radius 1 is 0.673 bits per heavy atom. The van der Waals surface area contributed by atoms with Gasteiger partial charge in [0.15, 0.2) is 5.96 Å². The Labute approximate surface area is 285 Å². The highest BCUT2D eigenvalue weighted by Crippen LogP contribution is 2.21. The monoisotopic (exact) mass is 692 g/mol. The molecule has 0 spiro atoms. The van der Waals surface area contributed by atoms with E-state index < -0.39 is 23.6 Å². The molecule has 0 aliphatic heterocycles. The fourth-order valence-electron chi connectivity index (χ4n) is 4.85. The van der Waals surface area contributed by atoms with E-state index in [0.29, 0.717) is 28.4 Å². The highest BCUT2D eigenvalue weighted by molar-refractivity contribution is 6.43. The summed E-state index contributed by atoms with van der Waals surface area (Å²) in [5, 5.41) is 13.3. The molecule has 4 aromatic rings. The molecule has 4 heterocycles. The third-order valence-corrected chi connectivity index (χ3v) is 7.33. The Bertz CT molecular complexity index is 1990. The molecule has 0 aliphatic carbocycles. The molecule has 18 heteroatoms. The Balaban J connectivity index is 1.38. The predicted molar refractivity (Wildman–Crippen MR) is 187 cm³/mol. The molecule has 0 aromatic carbocycles. The third kappa shape index (κ3) is 8.77. The molecule has 0 saturated heterocycles. The first kappa shape index (κ1) is 35.6. The summed E-state index contributed by atoms with van der Waals surface area (Å²) in [6.07, 6.45) is 6.28. The summed E-state index contributed by atoms with van der Waals surface area (Å²) < 4.78 is 6.17. The van der Waals surface area contributed by atoms with E-state index in [0.717, 1.165) is 0 Å². The van der Waals surface area contributed by atoms with Crippen LogP contribution < -0.4 is 38.1 Å². The molecule has 1 atom stereocenters. The second-order valence-electron chi connectivity index (χ2n) is 11.2. The number of nitrogens with two attached hydrogens (primary N) is 2. The van der Waals surface area contributed by atoms with E-state index in [1.54, 1.807) is 69.0 Å². The zero-order valence-corrected chi connectivity index (χ0v) is 28.2. The van der Waals surface area contributed by atoms with Crippen molar-refractivity contribution < 1.29 is 24.0 Å². The fourth-order valence-corrected chi connectivity index (χ4v) is 4.90. The summed E-state index contributed by atoms with van der Waals surface area (Å²) >= 11 is 5.61. The van der Waals surface area contributed by atoms with Crippen LogP contribution in [0.1, 0.15) is 48.9 Å². The van der Waals surface area contributed by atoms with E-state index >= 15 is 0 Å². The minimum absolute atomic E-state index is 0.0753. The van der Waals surface area contributed by atoms with Gasteiger partial charge < -0.3 is 56.3 Å². The second kappa shape index (κ2) is 14.7. The number of nitrogens with one attached hydrogen (secondary N) is 5. The number of anilines is 4. The van der Waals surface area contributed by atoms with Crippen molar-refractivity contribution in [1.82, 2.24) is 23.6 Å². The number of nitrogens with zero attached hydrogens (tertiary/aromatic N) is 5. The van der Waals surface area contributed by atoms with Crippen LogP contribution in [-0.4, -0.2) is 66.4 Å². The molecule has 0 saturated carbocycles. The summed E-state index contributed by atoms with van der Waals surface area (Å²) in [6, 6.07) is 5.69. The predicted octanol–water partition coefficient (Wildman–Crippen LogP) is 1.88. The summed E-state index contributed by atoms with van der Waals surface area (Å²) in [7, 11) is 6.59. The van der Waals surface area contributed by atoms with Crippen LogP contribution in [0.5, 0.6) is 0 Å². The summed E-state index contributed by atoms with van der Waals surface area (Å²) in [5.74, 6) is -2.48. The molecule has 0 fully saturated rings. The zero-order chi connectivity index (χ0) is 36.2. The van der Waals surface area contributed by atoms with Gasteiger partial charge in [0.05, 0.1) is 33.8 Å². The summed E-state index contributed by atoms with van der Waals surface area (Å²) in [4.78, 5) is 67.7. The van der Waals surface area contributed by atoms with Crippen LogP contribution in [0.2, 0.25) is 0 Å². The molecule has 0 aliphatic rings. The second-order valence-corrected chi connectivity index (χ2v) is 11.7. The van der Waals surface area contributed by atoms with E-state index in [9.17, 15) is 24.0 Å². The van der Waals surface area contributed by atoms with E-state index in [-0.39, 0.29) is 46.6 Å². The summed E-state index contributed by atoms with van der Waals surface area (Å²) in [6.45, 7) is 5.33. The van der Waals surface area contributed by atoms with Gasteiger partial charge in [0.25, 0.3) is 29.5 Å².